The van der Waals surface area contributed by atoms with Crippen molar-refractivity contribution in [3.63, 3.8) is 0 Å². The Morgan fingerprint density at radius 3 is 2.56 bits per heavy atom. The number of nitrogens with zero attached hydrogens (tertiary/aromatic N) is 3. The van der Waals surface area contributed by atoms with Gasteiger partial charge in [0.1, 0.15) is 5.76 Å². The third-order valence-corrected chi connectivity index (χ3v) is 6.52. The Labute approximate surface area is 188 Å². The van der Waals surface area contributed by atoms with Gasteiger partial charge in [0, 0.05) is 18.0 Å². The molecule has 7 heteroatoms. The number of ketones is 1. The average molecular weight is 442 g/mol. The minimum Gasteiger partial charge on any atom is -0.507 e. The first kappa shape index (κ1) is 20.1. The molecule has 0 saturated carbocycles. The molecule has 1 saturated heterocycles. The number of aryl methyl sites for hydroxylation is 2. The summed E-state index contributed by atoms with van der Waals surface area (Å²) in [6.45, 7) is 3.98. The Balaban J connectivity index is 1.74. The summed E-state index contributed by atoms with van der Waals surface area (Å²) < 4.78 is 0.937. The molecule has 158 valence electrons. The maximum absolute atomic E-state index is 13.2. The number of hydrogen-bond donors (Lipinski definition) is 1. The Morgan fingerprint density at radius 2 is 1.84 bits per heavy atom. The summed E-state index contributed by atoms with van der Waals surface area (Å²) in [5.74, 6) is -1.68. The number of pyridine rings is 1. The van der Waals surface area contributed by atoms with Crippen molar-refractivity contribution < 1.29 is 14.7 Å². The highest BCUT2D eigenvalue weighted by atomic mass is 32.1. The number of aliphatic hydroxyl groups is 1. The van der Waals surface area contributed by atoms with Gasteiger partial charge in [-0.05, 0) is 42.7 Å². The molecule has 4 aromatic rings. The van der Waals surface area contributed by atoms with Crippen LogP contribution in [-0.4, -0.2) is 26.8 Å². The summed E-state index contributed by atoms with van der Waals surface area (Å²) in [4.78, 5) is 36.7. The van der Waals surface area contributed by atoms with Crippen LogP contribution in [-0.2, 0) is 9.59 Å². The standard InChI is InChI=1S/C25H19N3O3S/c1-14-11-15(2)20-18(12-14)32-25(27-20)28-21(17-9-6-10-26-13-17)19(23(30)24(28)31)22(29)16-7-4-3-5-8-16/h3-13,21,29H,1-2H3/b22-19-. The second kappa shape index (κ2) is 7.69. The number of Topliss-reactive ketones (excluding diaryl/α,β-unsaturated/α-hetero) is 1. The number of carbonyl (C=O) groups is 2. The van der Waals surface area contributed by atoms with Gasteiger partial charge in [0.2, 0.25) is 0 Å². The molecule has 1 unspecified atom stereocenters. The van der Waals surface area contributed by atoms with E-state index in [4.69, 9.17) is 4.98 Å². The quantitative estimate of drug-likeness (QED) is 0.277. The first-order valence-corrected chi connectivity index (χ1v) is 10.9. The van der Waals surface area contributed by atoms with E-state index < -0.39 is 17.7 Å². The predicted octanol–water partition coefficient (Wildman–Crippen LogP) is 4.93. The molecule has 0 aliphatic carbocycles. The highest BCUT2D eigenvalue weighted by Crippen LogP contribution is 2.44. The molecule has 3 heterocycles. The minimum absolute atomic E-state index is 0.0290. The van der Waals surface area contributed by atoms with Gasteiger partial charge >= 0.3 is 5.91 Å². The van der Waals surface area contributed by atoms with Crippen LogP contribution in [0.2, 0.25) is 0 Å². The Morgan fingerprint density at radius 1 is 1.06 bits per heavy atom. The summed E-state index contributed by atoms with van der Waals surface area (Å²) in [5.41, 5.74) is 4.01. The Hall–Kier alpha value is -3.84. The molecule has 2 aromatic heterocycles. The zero-order valence-corrected chi connectivity index (χ0v) is 18.3. The van der Waals surface area contributed by atoms with E-state index in [1.807, 2.05) is 32.0 Å². The van der Waals surface area contributed by atoms with Crippen molar-refractivity contribution in [2.45, 2.75) is 19.9 Å². The third-order valence-electron chi connectivity index (χ3n) is 5.52. The molecule has 0 spiro atoms. The van der Waals surface area contributed by atoms with Crippen LogP contribution in [0.5, 0.6) is 0 Å². The second-order valence-corrected chi connectivity index (χ2v) is 8.76. The van der Waals surface area contributed by atoms with Crippen molar-refractivity contribution >= 4 is 44.1 Å². The van der Waals surface area contributed by atoms with Crippen molar-refractivity contribution in [2.24, 2.45) is 0 Å². The summed E-state index contributed by atoms with van der Waals surface area (Å²) in [5, 5.41) is 11.5. The van der Waals surface area contributed by atoms with Crippen LogP contribution >= 0.6 is 11.3 Å². The molecule has 5 rings (SSSR count). The van der Waals surface area contributed by atoms with E-state index in [9.17, 15) is 14.7 Å². The van der Waals surface area contributed by atoms with E-state index in [2.05, 4.69) is 4.98 Å². The molecule has 1 amide bonds. The van der Waals surface area contributed by atoms with Crippen molar-refractivity contribution in [1.82, 2.24) is 9.97 Å². The minimum atomic E-state index is -0.828. The lowest BCUT2D eigenvalue weighted by Gasteiger charge is -2.22. The molecule has 0 radical (unpaired) electrons. The maximum atomic E-state index is 13.2. The largest absolute Gasteiger partial charge is 0.507 e. The summed E-state index contributed by atoms with van der Waals surface area (Å²) in [6.07, 6.45) is 3.22. The molecule has 1 fully saturated rings. The van der Waals surface area contributed by atoms with Crippen LogP contribution in [0, 0.1) is 13.8 Å². The first-order chi connectivity index (χ1) is 15.5. The van der Waals surface area contributed by atoms with Gasteiger partial charge in [-0.1, -0.05) is 53.8 Å². The zero-order valence-electron chi connectivity index (χ0n) is 17.4. The van der Waals surface area contributed by atoms with Gasteiger partial charge in [0.05, 0.1) is 21.8 Å². The molecule has 1 N–H and O–H groups in total. The highest BCUT2D eigenvalue weighted by Gasteiger charge is 2.48. The Bertz CT molecular complexity index is 1390. The van der Waals surface area contributed by atoms with Gasteiger partial charge in [-0.3, -0.25) is 19.5 Å². The number of carbonyl (C=O) groups excluding carboxylic acids is 2. The third kappa shape index (κ3) is 3.18. The molecule has 2 aromatic carbocycles. The van der Waals surface area contributed by atoms with Crippen LogP contribution in [0.3, 0.4) is 0 Å². The van der Waals surface area contributed by atoms with E-state index in [0.29, 0.717) is 16.3 Å². The van der Waals surface area contributed by atoms with Crippen LogP contribution in [0.1, 0.15) is 28.3 Å². The van der Waals surface area contributed by atoms with Crippen molar-refractivity contribution in [2.75, 3.05) is 4.90 Å². The number of thiazole rings is 1. The molecule has 1 aliphatic heterocycles. The summed E-state index contributed by atoms with van der Waals surface area (Å²) in [7, 11) is 0. The lowest BCUT2D eigenvalue weighted by atomic mass is 9.96. The topological polar surface area (TPSA) is 83.4 Å². The molecule has 1 aliphatic rings. The lowest BCUT2D eigenvalue weighted by Crippen LogP contribution is -2.29. The Kier molecular flexibility index (Phi) is 4.83. The van der Waals surface area contributed by atoms with Crippen LogP contribution in [0.15, 0.2) is 72.6 Å². The molecular weight excluding hydrogens is 422 g/mol. The molecule has 32 heavy (non-hydrogen) atoms. The number of aromatic nitrogens is 2. The van der Waals surface area contributed by atoms with E-state index >= 15 is 0 Å². The van der Waals surface area contributed by atoms with E-state index in [1.165, 1.54) is 16.2 Å². The summed E-state index contributed by atoms with van der Waals surface area (Å²) in [6, 6.07) is 15.5. The first-order valence-electron chi connectivity index (χ1n) is 10.1. The highest BCUT2D eigenvalue weighted by molar-refractivity contribution is 7.22. The second-order valence-electron chi connectivity index (χ2n) is 7.75. The number of benzene rings is 2. The molecular formula is C25H19N3O3S. The van der Waals surface area contributed by atoms with E-state index in [1.54, 1.807) is 48.8 Å². The number of amides is 1. The van der Waals surface area contributed by atoms with E-state index in [0.717, 1.165) is 21.3 Å². The van der Waals surface area contributed by atoms with Gasteiger partial charge in [0.15, 0.2) is 5.13 Å². The molecule has 0 bridgehead atoms. The average Bonchev–Trinajstić information content (AvgIpc) is 3.33. The number of anilines is 1. The van der Waals surface area contributed by atoms with E-state index in [-0.39, 0.29) is 11.3 Å². The van der Waals surface area contributed by atoms with Gasteiger partial charge < -0.3 is 5.11 Å². The lowest BCUT2D eigenvalue weighted by molar-refractivity contribution is -0.132. The number of hydrogen-bond acceptors (Lipinski definition) is 6. The van der Waals surface area contributed by atoms with Gasteiger partial charge in [-0.25, -0.2) is 4.98 Å². The van der Waals surface area contributed by atoms with Crippen LogP contribution < -0.4 is 4.90 Å². The number of aliphatic hydroxyl groups excluding tert-OH is 1. The zero-order chi connectivity index (χ0) is 22.4. The maximum Gasteiger partial charge on any atom is 0.301 e. The summed E-state index contributed by atoms with van der Waals surface area (Å²) >= 11 is 1.35. The fourth-order valence-corrected chi connectivity index (χ4v) is 5.26. The molecule has 1 atom stereocenters. The van der Waals surface area contributed by atoms with Crippen molar-refractivity contribution in [3.05, 3.63) is 94.8 Å². The number of fused-ring (bicyclic) bond motifs is 1. The van der Waals surface area contributed by atoms with Crippen molar-refractivity contribution in [1.29, 1.82) is 0 Å². The van der Waals surface area contributed by atoms with Gasteiger partial charge in [-0.2, -0.15) is 0 Å². The molecule has 6 nitrogen and oxygen atoms in total. The fraction of sp³-hybridized carbons (Fsp3) is 0.120. The monoisotopic (exact) mass is 441 g/mol. The van der Waals surface area contributed by atoms with Crippen LogP contribution in [0.25, 0.3) is 16.0 Å². The predicted molar refractivity (Wildman–Crippen MR) is 125 cm³/mol. The van der Waals surface area contributed by atoms with Crippen molar-refractivity contribution in [3.8, 4) is 0 Å². The van der Waals surface area contributed by atoms with Gasteiger partial charge in [-0.15, -0.1) is 0 Å². The normalized spacial score (nSPS) is 17.9. The SMILES string of the molecule is Cc1cc(C)c2nc(N3C(=O)C(=O)/C(=C(\O)c4ccccc4)C3c3cccnc3)sc2c1. The van der Waals surface area contributed by atoms with Gasteiger partial charge in [0.25, 0.3) is 5.78 Å². The van der Waals surface area contributed by atoms with Crippen LogP contribution in [0.4, 0.5) is 5.13 Å². The smallest absolute Gasteiger partial charge is 0.301 e. The number of rotatable bonds is 3. The fourth-order valence-electron chi connectivity index (χ4n) is 4.10.